The van der Waals surface area contributed by atoms with Crippen LogP contribution in [0.1, 0.15) is 15.9 Å². The Bertz CT molecular complexity index is 878. The van der Waals surface area contributed by atoms with Gasteiger partial charge in [0.2, 0.25) is 0 Å². The van der Waals surface area contributed by atoms with Gasteiger partial charge in [0.15, 0.2) is 0 Å². The average molecular weight is 375 g/mol. The van der Waals surface area contributed by atoms with Crippen LogP contribution < -0.4 is 5.32 Å². The predicted octanol–water partition coefficient (Wildman–Crippen LogP) is 1.63. The van der Waals surface area contributed by atoms with E-state index in [1.165, 1.54) is 24.3 Å². The number of hydrogen-bond donors (Lipinski definition) is 3. The molecule has 2 rings (SSSR count). The standard InChI is InChI=1S/C16H13N3O8/c20-13-3-1-9(2-4-13)5-14(16(22)23)17-15(21)10-6-11(18(24)25)8-12(7-10)19(26)27/h1-4,6-8,14,20H,5H2,(H,17,21)(H,22,23). The van der Waals surface area contributed by atoms with Gasteiger partial charge in [-0.1, -0.05) is 12.1 Å². The number of rotatable bonds is 7. The molecule has 0 aromatic heterocycles. The van der Waals surface area contributed by atoms with Gasteiger partial charge in [0.1, 0.15) is 11.8 Å². The Balaban J connectivity index is 2.26. The van der Waals surface area contributed by atoms with E-state index in [9.17, 15) is 40.0 Å². The number of phenolic OH excluding ortho intramolecular Hbond substituents is 1. The van der Waals surface area contributed by atoms with Gasteiger partial charge >= 0.3 is 5.97 Å². The molecule has 0 bridgehead atoms. The number of benzene rings is 2. The molecule has 0 radical (unpaired) electrons. The molecule has 3 N–H and O–H groups in total. The van der Waals surface area contributed by atoms with E-state index in [1.54, 1.807) is 0 Å². The van der Waals surface area contributed by atoms with Crippen molar-refractivity contribution in [2.75, 3.05) is 0 Å². The van der Waals surface area contributed by atoms with Crippen molar-refractivity contribution in [3.05, 3.63) is 73.8 Å². The summed E-state index contributed by atoms with van der Waals surface area (Å²) in [7, 11) is 0. The van der Waals surface area contributed by atoms with Crippen LogP contribution in [0.15, 0.2) is 42.5 Å². The molecule has 0 aliphatic rings. The summed E-state index contributed by atoms with van der Waals surface area (Å²) in [5.74, 6) is -2.39. The van der Waals surface area contributed by atoms with Crippen LogP contribution in [0.2, 0.25) is 0 Å². The molecule has 1 amide bonds. The van der Waals surface area contributed by atoms with E-state index in [0.717, 1.165) is 12.1 Å². The van der Waals surface area contributed by atoms with Gasteiger partial charge in [-0.05, 0) is 17.7 Å². The number of carboxylic acid groups (broad SMARTS) is 1. The van der Waals surface area contributed by atoms with Crippen molar-refractivity contribution in [3.63, 3.8) is 0 Å². The molecule has 0 heterocycles. The Morgan fingerprint density at radius 2 is 1.52 bits per heavy atom. The summed E-state index contributed by atoms with van der Waals surface area (Å²) in [5, 5.41) is 42.5. The lowest BCUT2D eigenvalue weighted by molar-refractivity contribution is -0.394. The molecule has 1 atom stereocenters. The van der Waals surface area contributed by atoms with Crippen LogP contribution in [-0.2, 0) is 11.2 Å². The second-order valence-electron chi connectivity index (χ2n) is 5.49. The zero-order valence-electron chi connectivity index (χ0n) is 13.6. The number of hydrogen-bond acceptors (Lipinski definition) is 7. The Morgan fingerprint density at radius 3 is 1.96 bits per heavy atom. The van der Waals surface area contributed by atoms with Crippen molar-refractivity contribution in [3.8, 4) is 5.75 Å². The molecule has 0 fully saturated rings. The molecular weight excluding hydrogens is 362 g/mol. The molecule has 1 unspecified atom stereocenters. The summed E-state index contributed by atoms with van der Waals surface area (Å²) in [6.07, 6.45) is -0.127. The molecule has 11 heteroatoms. The Labute approximate surface area is 151 Å². The SMILES string of the molecule is O=C(NC(Cc1ccc(O)cc1)C(=O)O)c1cc([N+](=O)[O-])cc([N+](=O)[O-])c1. The number of amides is 1. The van der Waals surface area contributed by atoms with Crippen LogP contribution in [0.25, 0.3) is 0 Å². The van der Waals surface area contributed by atoms with Crippen LogP contribution in [0.5, 0.6) is 5.75 Å². The van der Waals surface area contributed by atoms with Gasteiger partial charge in [0.05, 0.1) is 21.5 Å². The summed E-state index contributed by atoms with van der Waals surface area (Å²) in [5.41, 5.74) is -1.24. The molecule has 2 aromatic rings. The van der Waals surface area contributed by atoms with Crippen LogP contribution in [0.3, 0.4) is 0 Å². The summed E-state index contributed by atoms with van der Waals surface area (Å²) in [6, 6.07) is 6.58. The van der Waals surface area contributed by atoms with Crippen molar-refractivity contribution in [2.24, 2.45) is 0 Å². The van der Waals surface area contributed by atoms with Crippen LogP contribution in [-0.4, -0.2) is 38.0 Å². The second kappa shape index (κ2) is 7.91. The number of carbonyl (C=O) groups is 2. The molecule has 2 aromatic carbocycles. The van der Waals surface area contributed by atoms with E-state index in [-0.39, 0.29) is 12.2 Å². The van der Waals surface area contributed by atoms with Crippen molar-refractivity contribution in [1.29, 1.82) is 0 Å². The first-order chi connectivity index (χ1) is 12.7. The van der Waals surface area contributed by atoms with E-state index in [2.05, 4.69) is 5.32 Å². The van der Waals surface area contributed by atoms with Gasteiger partial charge in [0, 0.05) is 18.6 Å². The second-order valence-corrected chi connectivity index (χ2v) is 5.49. The van der Waals surface area contributed by atoms with Gasteiger partial charge < -0.3 is 15.5 Å². The monoisotopic (exact) mass is 375 g/mol. The Hall–Kier alpha value is -4.02. The molecular formula is C16H13N3O8. The largest absolute Gasteiger partial charge is 0.508 e. The molecule has 0 aliphatic heterocycles. The van der Waals surface area contributed by atoms with Gasteiger partial charge in [-0.3, -0.25) is 25.0 Å². The number of carbonyl (C=O) groups excluding carboxylic acids is 1. The molecule has 0 saturated carbocycles. The van der Waals surface area contributed by atoms with E-state index in [4.69, 9.17) is 0 Å². The van der Waals surface area contributed by atoms with Gasteiger partial charge in [-0.25, -0.2) is 4.79 Å². The van der Waals surface area contributed by atoms with Crippen LogP contribution in [0.4, 0.5) is 11.4 Å². The van der Waals surface area contributed by atoms with E-state index in [0.29, 0.717) is 11.6 Å². The number of nitro benzene ring substituents is 2. The molecule has 27 heavy (non-hydrogen) atoms. The summed E-state index contributed by atoms with van der Waals surface area (Å²) >= 11 is 0. The van der Waals surface area contributed by atoms with Gasteiger partial charge in [0.25, 0.3) is 17.3 Å². The summed E-state index contributed by atoms with van der Waals surface area (Å²) < 4.78 is 0. The predicted molar refractivity (Wildman–Crippen MR) is 90.5 cm³/mol. The first kappa shape index (κ1) is 19.3. The number of non-ortho nitro benzene ring substituents is 2. The zero-order valence-corrected chi connectivity index (χ0v) is 13.6. The Kier molecular flexibility index (Phi) is 5.65. The zero-order chi connectivity index (χ0) is 20.1. The third-order valence-electron chi connectivity index (χ3n) is 3.57. The third kappa shape index (κ3) is 4.98. The fourth-order valence-electron chi connectivity index (χ4n) is 2.25. The van der Waals surface area contributed by atoms with Crippen LogP contribution >= 0.6 is 0 Å². The lowest BCUT2D eigenvalue weighted by atomic mass is 10.0. The highest BCUT2D eigenvalue weighted by atomic mass is 16.6. The van der Waals surface area contributed by atoms with E-state index in [1.807, 2.05) is 0 Å². The smallest absolute Gasteiger partial charge is 0.326 e. The maximum absolute atomic E-state index is 12.3. The molecule has 0 saturated heterocycles. The highest BCUT2D eigenvalue weighted by Crippen LogP contribution is 2.23. The number of aromatic hydroxyl groups is 1. The summed E-state index contributed by atoms with van der Waals surface area (Å²) in [4.78, 5) is 43.7. The highest BCUT2D eigenvalue weighted by molar-refractivity contribution is 5.97. The first-order valence-corrected chi connectivity index (χ1v) is 7.43. The number of nitro groups is 2. The minimum atomic E-state index is -1.39. The first-order valence-electron chi connectivity index (χ1n) is 7.43. The van der Waals surface area contributed by atoms with E-state index < -0.39 is 44.7 Å². The quantitative estimate of drug-likeness (QED) is 0.483. The van der Waals surface area contributed by atoms with Crippen molar-refractivity contribution in [2.45, 2.75) is 12.5 Å². The molecule has 0 aliphatic carbocycles. The number of aliphatic carboxylic acids is 1. The van der Waals surface area contributed by atoms with Gasteiger partial charge in [-0.15, -0.1) is 0 Å². The minimum absolute atomic E-state index is 0.0152. The third-order valence-corrected chi connectivity index (χ3v) is 3.57. The van der Waals surface area contributed by atoms with Crippen molar-refractivity contribution < 1.29 is 29.6 Å². The van der Waals surface area contributed by atoms with Gasteiger partial charge in [-0.2, -0.15) is 0 Å². The highest BCUT2D eigenvalue weighted by Gasteiger charge is 2.24. The number of carboxylic acids is 1. The van der Waals surface area contributed by atoms with Crippen LogP contribution in [0, 0.1) is 20.2 Å². The maximum Gasteiger partial charge on any atom is 0.326 e. The normalized spacial score (nSPS) is 11.4. The van der Waals surface area contributed by atoms with Crippen molar-refractivity contribution >= 4 is 23.3 Å². The fourth-order valence-corrected chi connectivity index (χ4v) is 2.25. The number of phenols is 1. The molecule has 11 nitrogen and oxygen atoms in total. The summed E-state index contributed by atoms with van der Waals surface area (Å²) in [6.45, 7) is 0. The molecule has 0 spiro atoms. The maximum atomic E-state index is 12.3. The topological polar surface area (TPSA) is 173 Å². The molecule has 140 valence electrons. The Morgan fingerprint density at radius 1 is 1.00 bits per heavy atom. The minimum Gasteiger partial charge on any atom is -0.508 e. The average Bonchev–Trinajstić information content (AvgIpc) is 2.62. The lowest BCUT2D eigenvalue weighted by Crippen LogP contribution is -2.42. The lowest BCUT2D eigenvalue weighted by Gasteiger charge is -2.14. The number of nitrogens with zero attached hydrogens (tertiary/aromatic N) is 2. The number of nitrogens with one attached hydrogen (secondary N) is 1. The van der Waals surface area contributed by atoms with E-state index >= 15 is 0 Å². The fraction of sp³-hybridized carbons (Fsp3) is 0.125. The van der Waals surface area contributed by atoms with Crippen molar-refractivity contribution in [1.82, 2.24) is 5.32 Å².